The molecular weight excluding hydrogens is 1170 g/mol. The first-order chi connectivity index (χ1) is 39.5. The van der Waals surface area contributed by atoms with Crippen LogP contribution in [-0.2, 0) is 14.4 Å². The zero-order valence-corrected chi connectivity index (χ0v) is 56.4. The van der Waals surface area contributed by atoms with Crippen molar-refractivity contribution < 1.29 is 14.4 Å². The topological polar surface area (TPSA) is 87.3 Å². The van der Waals surface area contributed by atoms with Crippen molar-refractivity contribution in [2.24, 2.45) is 0 Å². The fourth-order valence-electron chi connectivity index (χ4n) is 10.7. The summed E-state index contributed by atoms with van der Waals surface area (Å²) >= 11 is 1.30. The number of halogens is 1. The Labute approximate surface area is 507 Å². The van der Waals surface area contributed by atoms with Gasteiger partial charge in [0.2, 0.25) is 17.7 Å². The van der Waals surface area contributed by atoms with Gasteiger partial charge in [-0.3, -0.25) is 14.4 Å². The average molecular weight is 1280 g/mol. The number of anilines is 3. The van der Waals surface area contributed by atoms with Gasteiger partial charge in [0.05, 0.1) is 5.69 Å². The SMILES string of the molecule is CCCCCCCCCC(=O)Nc1ccccc1-c1ccc(-c2ccccc2NC(=O)CCCCCCCCC)cc1.CCCCCCCCCC(=O)Nc1ccccc1Br.CCC[CH2][Sn]([CH2]CCC)([CH2]CCC)[c]1ccc(C)cc1. The van der Waals surface area contributed by atoms with Crippen LogP contribution in [0.3, 0.4) is 0 Å². The number of amides is 3. The number of carbonyl (C=O) groups is 3. The van der Waals surface area contributed by atoms with Crippen LogP contribution in [0, 0.1) is 6.92 Å². The van der Waals surface area contributed by atoms with Crippen LogP contribution in [-0.4, -0.2) is 36.1 Å². The molecule has 5 aromatic carbocycles. The van der Waals surface area contributed by atoms with Gasteiger partial charge in [-0.15, -0.1) is 0 Å². The fraction of sp³-hybridized carbons (Fsp3) is 0.548. The molecule has 3 N–H and O–H groups in total. The number of aryl methyl sites for hydroxylation is 1. The number of hydrogen-bond donors (Lipinski definition) is 3. The Bertz CT molecular complexity index is 2300. The number of unbranched alkanes of at least 4 members (excludes halogenated alkanes) is 21. The molecule has 0 bridgehead atoms. The number of nitrogens with one attached hydrogen (secondary N) is 3. The van der Waals surface area contributed by atoms with Crippen LogP contribution in [0.2, 0.25) is 13.3 Å². The molecular formula is C73H110BrN3O3Sn. The van der Waals surface area contributed by atoms with Crippen LogP contribution in [0.4, 0.5) is 17.1 Å². The zero-order chi connectivity index (χ0) is 58.6. The van der Waals surface area contributed by atoms with Gasteiger partial charge in [-0.25, -0.2) is 0 Å². The molecule has 0 atom stereocenters. The summed E-state index contributed by atoms with van der Waals surface area (Å²) in [5.41, 5.74) is 8.07. The van der Waals surface area contributed by atoms with Crippen molar-refractivity contribution in [2.75, 3.05) is 16.0 Å². The van der Waals surface area contributed by atoms with Crippen LogP contribution in [0.25, 0.3) is 22.3 Å². The Hall–Kier alpha value is -4.21. The third kappa shape index (κ3) is 30.3. The normalized spacial score (nSPS) is 11.0. The number of para-hydroxylation sites is 3. The van der Waals surface area contributed by atoms with E-state index in [1.54, 1.807) is 16.9 Å². The van der Waals surface area contributed by atoms with Crippen LogP contribution in [0.5, 0.6) is 0 Å². The summed E-state index contributed by atoms with van der Waals surface area (Å²) in [7, 11) is 0. The molecule has 0 aliphatic carbocycles. The van der Waals surface area contributed by atoms with E-state index in [1.807, 2.05) is 60.7 Å². The van der Waals surface area contributed by atoms with Gasteiger partial charge in [-0.2, -0.15) is 0 Å². The average Bonchev–Trinajstić information content (AvgIpc) is 3.58. The van der Waals surface area contributed by atoms with E-state index in [9.17, 15) is 14.4 Å². The van der Waals surface area contributed by atoms with Crippen molar-refractivity contribution in [3.8, 4) is 22.3 Å². The molecule has 0 spiro atoms. The molecule has 8 heteroatoms. The summed E-state index contributed by atoms with van der Waals surface area (Å²) in [5.74, 6) is 0.267. The van der Waals surface area contributed by atoms with E-state index in [0.29, 0.717) is 19.3 Å². The summed E-state index contributed by atoms with van der Waals surface area (Å²) < 4.78 is 7.47. The van der Waals surface area contributed by atoms with Crippen molar-refractivity contribution in [2.45, 2.75) is 254 Å². The van der Waals surface area contributed by atoms with Crippen molar-refractivity contribution >= 4 is 72.7 Å². The van der Waals surface area contributed by atoms with Gasteiger partial charge >= 0.3 is 131 Å². The van der Waals surface area contributed by atoms with E-state index in [1.165, 1.54) is 140 Å². The third-order valence-electron chi connectivity index (χ3n) is 15.8. The Morgan fingerprint density at radius 3 is 0.988 bits per heavy atom. The number of hydrogen-bond acceptors (Lipinski definition) is 3. The predicted molar refractivity (Wildman–Crippen MR) is 361 cm³/mol. The van der Waals surface area contributed by atoms with E-state index < -0.39 is 18.4 Å². The van der Waals surface area contributed by atoms with Gasteiger partial charge in [0.1, 0.15) is 0 Å². The maximum atomic E-state index is 12.7. The molecule has 0 saturated carbocycles. The van der Waals surface area contributed by atoms with Crippen molar-refractivity contribution in [3.05, 3.63) is 131 Å². The van der Waals surface area contributed by atoms with E-state index in [0.717, 1.165) is 82.3 Å². The standard InChI is InChI=1S/C38H52N2O2.C16H24BrNO.C7H7.3C4H9.Sn/c1-3-5-7-9-11-13-15-25-37(41)39-35-23-19-17-21-33(35)31-27-29-32(30-28-31)34-22-18-20-24-36(34)40-38(42)26-16-14-12-10-8-6-4-2;1-2-3-4-5-6-7-8-13-16(19)18-15-12-10-9-11-14(15)17;1-7-5-3-2-4-6-7;3*1-3-4-2;/h17-24,27-30H,3-16,25-26H2,1-2H3,(H,39,41)(H,40,42);9-12H,2-8,13H2,1H3,(H,18,19);3-6H,1H3;3*1,3-4H2,2H3;. The van der Waals surface area contributed by atoms with Crippen molar-refractivity contribution in [1.29, 1.82) is 0 Å². The first-order valence-electron chi connectivity index (χ1n) is 32.5. The molecule has 0 saturated heterocycles. The van der Waals surface area contributed by atoms with E-state index >= 15 is 0 Å². The third-order valence-corrected chi connectivity index (χ3v) is 32.1. The summed E-state index contributed by atoms with van der Waals surface area (Å²) in [5, 5.41) is 9.22. The summed E-state index contributed by atoms with van der Waals surface area (Å²) in [6, 6.07) is 41.8. The number of carbonyl (C=O) groups excluding carboxylic acids is 3. The van der Waals surface area contributed by atoms with Gasteiger partial charge in [0.25, 0.3) is 0 Å². The molecule has 0 aliphatic heterocycles. The second-order valence-corrected chi connectivity index (χ2v) is 37.0. The molecule has 0 radical (unpaired) electrons. The molecule has 0 unspecified atom stereocenters. The van der Waals surface area contributed by atoms with Crippen molar-refractivity contribution in [1.82, 2.24) is 0 Å². The molecule has 5 rings (SSSR count). The van der Waals surface area contributed by atoms with Crippen LogP contribution < -0.4 is 19.5 Å². The van der Waals surface area contributed by atoms with Crippen LogP contribution in [0.15, 0.2) is 126 Å². The summed E-state index contributed by atoms with van der Waals surface area (Å²) in [4.78, 5) is 37.1. The van der Waals surface area contributed by atoms with Crippen LogP contribution >= 0.6 is 15.9 Å². The van der Waals surface area contributed by atoms with E-state index in [2.05, 4.69) is 141 Å². The molecule has 446 valence electrons. The maximum absolute atomic E-state index is 12.7. The number of benzene rings is 5. The van der Waals surface area contributed by atoms with Gasteiger partial charge in [-0.05, 0) is 70.6 Å². The fourth-order valence-corrected chi connectivity index (χ4v) is 27.0. The Morgan fingerprint density at radius 2 is 0.642 bits per heavy atom. The summed E-state index contributed by atoms with van der Waals surface area (Å²) in [6.45, 7) is 16.0. The molecule has 0 heterocycles. The predicted octanol–water partition coefficient (Wildman–Crippen LogP) is 22.8. The molecule has 6 nitrogen and oxygen atoms in total. The first-order valence-corrected chi connectivity index (χ1v) is 40.8. The monoisotopic (exact) mass is 1280 g/mol. The Balaban J connectivity index is 0.000000366. The van der Waals surface area contributed by atoms with Crippen LogP contribution in [0.1, 0.15) is 240 Å². The van der Waals surface area contributed by atoms with Gasteiger partial charge < -0.3 is 16.0 Å². The summed E-state index contributed by atoms with van der Waals surface area (Å²) in [6.07, 6.45) is 35.6. The molecule has 0 aromatic heterocycles. The molecule has 81 heavy (non-hydrogen) atoms. The Morgan fingerprint density at radius 1 is 0.346 bits per heavy atom. The number of rotatable bonds is 39. The second-order valence-electron chi connectivity index (χ2n) is 22.9. The first kappa shape index (κ1) is 71.1. The Kier molecular flexibility index (Phi) is 39.7. The van der Waals surface area contributed by atoms with E-state index in [-0.39, 0.29) is 17.7 Å². The molecule has 5 aromatic rings. The quantitative estimate of drug-likeness (QED) is 0.0271. The molecule has 0 aliphatic rings. The molecule has 3 amide bonds. The van der Waals surface area contributed by atoms with E-state index in [4.69, 9.17) is 0 Å². The van der Waals surface area contributed by atoms with Gasteiger partial charge in [0, 0.05) is 46.2 Å². The van der Waals surface area contributed by atoms with Gasteiger partial charge in [-0.1, -0.05) is 209 Å². The van der Waals surface area contributed by atoms with Gasteiger partial charge in [0.15, 0.2) is 0 Å². The minimum atomic E-state index is -2.13. The minimum absolute atomic E-state index is 0.0776. The zero-order valence-electron chi connectivity index (χ0n) is 52.0. The van der Waals surface area contributed by atoms with Crippen molar-refractivity contribution in [3.63, 3.8) is 0 Å². The molecule has 0 fully saturated rings. The second kappa shape index (κ2) is 45.3.